The number of rotatable bonds is 4. The Kier molecular flexibility index (Phi) is 5.24. The van der Waals surface area contributed by atoms with Crippen molar-refractivity contribution < 1.29 is 14.7 Å². The fourth-order valence-electron chi connectivity index (χ4n) is 0.909. The standard InChI is InChI=1S/C10H16N2O3/c1-5-6-12(7-9(13)14)10(15)11(4)8(2)3/h1,8H,6-7H2,2-4H3,(H,13,14). The van der Waals surface area contributed by atoms with E-state index in [1.54, 1.807) is 7.05 Å². The zero-order valence-electron chi connectivity index (χ0n) is 9.23. The molecule has 15 heavy (non-hydrogen) atoms. The molecular formula is C10H16N2O3. The van der Waals surface area contributed by atoms with Crippen LogP contribution in [0.5, 0.6) is 0 Å². The van der Waals surface area contributed by atoms with Crippen LogP contribution in [0, 0.1) is 12.3 Å². The first-order chi connectivity index (χ1) is 6.90. The predicted molar refractivity (Wildman–Crippen MR) is 56.3 cm³/mol. The van der Waals surface area contributed by atoms with Crippen molar-refractivity contribution >= 4 is 12.0 Å². The number of carboxylic acid groups (broad SMARTS) is 1. The Labute approximate surface area is 89.7 Å². The van der Waals surface area contributed by atoms with Crippen LogP contribution in [-0.2, 0) is 4.79 Å². The van der Waals surface area contributed by atoms with Crippen molar-refractivity contribution in [2.24, 2.45) is 0 Å². The lowest BCUT2D eigenvalue weighted by Gasteiger charge is -2.28. The third kappa shape index (κ3) is 4.36. The number of aliphatic carboxylic acids is 1. The summed E-state index contributed by atoms with van der Waals surface area (Å²) >= 11 is 0. The molecule has 0 atom stereocenters. The van der Waals surface area contributed by atoms with Crippen LogP contribution in [0.2, 0.25) is 0 Å². The van der Waals surface area contributed by atoms with E-state index in [1.807, 2.05) is 13.8 Å². The van der Waals surface area contributed by atoms with Crippen LogP contribution >= 0.6 is 0 Å². The SMILES string of the molecule is C#CCN(CC(=O)O)C(=O)N(C)C(C)C. The lowest BCUT2D eigenvalue weighted by Crippen LogP contribution is -2.46. The molecule has 0 aliphatic rings. The minimum atomic E-state index is -1.07. The molecule has 1 N–H and O–H groups in total. The largest absolute Gasteiger partial charge is 0.480 e. The van der Waals surface area contributed by atoms with Gasteiger partial charge in [-0.2, -0.15) is 0 Å². The molecule has 0 bridgehead atoms. The van der Waals surface area contributed by atoms with E-state index in [4.69, 9.17) is 11.5 Å². The molecule has 0 saturated carbocycles. The van der Waals surface area contributed by atoms with Crippen molar-refractivity contribution in [1.29, 1.82) is 0 Å². The van der Waals surface area contributed by atoms with Crippen molar-refractivity contribution in [2.45, 2.75) is 19.9 Å². The second kappa shape index (κ2) is 5.91. The van der Waals surface area contributed by atoms with E-state index in [0.717, 1.165) is 4.90 Å². The molecule has 0 spiro atoms. The van der Waals surface area contributed by atoms with Gasteiger partial charge in [0.2, 0.25) is 0 Å². The van der Waals surface area contributed by atoms with Crippen molar-refractivity contribution in [2.75, 3.05) is 20.1 Å². The van der Waals surface area contributed by atoms with E-state index in [0.29, 0.717) is 0 Å². The van der Waals surface area contributed by atoms with Gasteiger partial charge in [0.15, 0.2) is 0 Å². The topological polar surface area (TPSA) is 60.9 Å². The van der Waals surface area contributed by atoms with Gasteiger partial charge in [0.05, 0.1) is 6.54 Å². The molecule has 0 fully saturated rings. The van der Waals surface area contributed by atoms with Gasteiger partial charge in [0, 0.05) is 13.1 Å². The minimum absolute atomic E-state index is 0.00218. The molecule has 2 amide bonds. The second-order valence-corrected chi connectivity index (χ2v) is 3.44. The Balaban J connectivity index is 4.55. The highest BCUT2D eigenvalue weighted by atomic mass is 16.4. The summed E-state index contributed by atoms with van der Waals surface area (Å²) in [5, 5.41) is 8.60. The molecule has 0 rings (SSSR count). The summed E-state index contributed by atoms with van der Waals surface area (Å²) in [4.78, 5) is 24.8. The minimum Gasteiger partial charge on any atom is -0.480 e. The van der Waals surface area contributed by atoms with Crippen LogP contribution in [0.1, 0.15) is 13.8 Å². The molecule has 0 aromatic rings. The number of hydrogen-bond donors (Lipinski definition) is 1. The number of urea groups is 1. The first kappa shape index (κ1) is 13.3. The molecule has 0 aromatic heterocycles. The zero-order chi connectivity index (χ0) is 12.0. The first-order valence-corrected chi connectivity index (χ1v) is 4.57. The molecular weight excluding hydrogens is 196 g/mol. The van der Waals surface area contributed by atoms with Gasteiger partial charge in [-0.15, -0.1) is 6.42 Å². The summed E-state index contributed by atoms with van der Waals surface area (Å²) in [6, 6.07) is -0.364. The van der Waals surface area contributed by atoms with Crippen LogP contribution in [0.3, 0.4) is 0 Å². The molecule has 5 nitrogen and oxygen atoms in total. The molecule has 84 valence electrons. The smallest absolute Gasteiger partial charge is 0.323 e. The Hall–Kier alpha value is -1.70. The average Bonchev–Trinajstić information content (AvgIpc) is 2.14. The number of amides is 2. The Bertz CT molecular complexity index is 281. The normalized spacial score (nSPS) is 9.53. The fourth-order valence-corrected chi connectivity index (χ4v) is 0.909. The molecule has 5 heteroatoms. The van der Waals surface area contributed by atoms with E-state index in [9.17, 15) is 9.59 Å². The van der Waals surface area contributed by atoms with Crippen LogP contribution in [0.4, 0.5) is 4.79 Å². The molecule has 0 aromatic carbocycles. The average molecular weight is 212 g/mol. The summed E-state index contributed by atoms with van der Waals surface area (Å²) in [5.41, 5.74) is 0. The number of carboxylic acids is 1. The summed E-state index contributed by atoms with van der Waals surface area (Å²) in [6.45, 7) is 3.31. The molecule has 0 radical (unpaired) electrons. The number of nitrogens with zero attached hydrogens (tertiary/aromatic N) is 2. The lowest BCUT2D eigenvalue weighted by atomic mass is 10.3. The third-order valence-corrected chi connectivity index (χ3v) is 1.96. The van der Waals surface area contributed by atoms with Crippen molar-refractivity contribution in [3.05, 3.63) is 0 Å². The van der Waals surface area contributed by atoms with Gasteiger partial charge in [-0.1, -0.05) is 5.92 Å². The van der Waals surface area contributed by atoms with Gasteiger partial charge in [-0.3, -0.25) is 4.79 Å². The Morgan fingerprint density at radius 2 is 2.00 bits per heavy atom. The summed E-state index contributed by atoms with van der Waals surface area (Å²) in [6.07, 6.45) is 5.06. The van der Waals surface area contributed by atoms with E-state index in [1.165, 1.54) is 4.90 Å². The van der Waals surface area contributed by atoms with E-state index < -0.39 is 5.97 Å². The molecule has 0 unspecified atom stereocenters. The molecule has 0 heterocycles. The highest BCUT2D eigenvalue weighted by molar-refractivity contribution is 5.80. The van der Waals surface area contributed by atoms with Gasteiger partial charge in [-0.25, -0.2) is 4.79 Å². The predicted octanol–water partition coefficient (Wildman–Crippen LogP) is 0.466. The molecule has 0 aliphatic heterocycles. The van der Waals surface area contributed by atoms with Crippen LogP contribution < -0.4 is 0 Å². The van der Waals surface area contributed by atoms with Gasteiger partial charge in [0.1, 0.15) is 6.54 Å². The Morgan fingerprint density at radius 1 is 1.47 bits per heavy atom. The number of terminal acetylenes is 1. The highest BCUT2D eigenvalue weighted by Gasteiger charge is 2.20. The summed E-state index contributed by atoms with van der Waals surface area (Å²) in [5.74, 6) is 1.19. The number of hydrogen-bond acceptors (Lipinski definition) is 2. The number of carbonyl (C=O) groups excluding carboxylic acids is 1. The van der Waals surface area contributed by atoms with Gasteiger partial charge in [-0.05, 0) is 13.8 Å². The van der Waals surface area contributed by atoms with Crippen LogP contribution in [0.25, 0.3) is 0 Å². The molecule has 0 saturated heterocycles. The first-order valence-electron chi connectivity index (χ1n) is 4.57. The van der Waals surface area contributed by atoms with Gasteiger partial charge >= 0.3 is 12.0 Å². The Morgan fingerprint density at radius 3 is 2.33 bits per heavy atom. The van der Waals surface area contributed by atoms with Crippen molar-refractivity contribution in [3.63, 3.8) is 0 Å². The summed E-state index contributed by atoms with van der Waals surface area (Å²) in [7, 11) is 1.61. The van der Waals surface area contributed by atoms with E-state index in [2.05, 4.69) is 5.92 Å². The van der Waals surface area contributed by atoms with Crippen LogP contribution in [0.15, 0.2) is 0 Å². The van der Waals surface area contributed by atoms with E-state index in [-0.39, 0.29) is 25.2 Å². The van der Waals surface area contributed by atoms with E-state index >= 15 is 0 Å². The fraction of sp³-hybridized carbons (Fsp3) is 0.600. The lowest BCUT2D eigenvalue weighted by molar-refractivity contribution is -0.137. The van der Waals surface area contributed by atoms with Crippen molar-refractivity contribution in [1.82, 2.24) is 9.80 Å². The highest BCUT2D eigenvalue weighted by Crippen LogP contribution is 2.01. The zero-order valence-corrected chi connectivity index (χ0v) is 9.23. The van der Waals surface area contributed by atoms with Gasteiger partial charge < -0.3 is 14.9 Å². The van der Waals surface area contributed by atoms with Gasteiger partial charge in [0.25, 0.3) is 0 Å². The third-order valence-electron chi connectivity index (χ3n) is 1.96. The monoisotopic (exact) mass is 212 g/mol. The molecule has 0 aliphatic carbocycles. The van der Waals surface area contributed by atoms with Crippen LogP contribution in [-0.4, -0.2) is 53.1 Å². The maximum atomic E-state index is 11.7. The summed E-state index contributed by atoms with van der Waals surface area (Å²) < 4.78 is 0. The quantitative estimate of drug-likeness (QED) is 0.689. The van der Waals surface area contributed by atoms with Crippen molar-refractivity contribution in [3.8, 4) is 12.3 Å². The number of carbonyl (C=O) groups is 2. The maximum absolute atomic E-state index is 11.7. The maximum Gasteiger partial charge on any atom is 0.323 e. The second-order valence-electron chi connectivity index (χ2n) is 3.44.